The molecule has 0 amide bonds. The summed E-state index contributed by atoms with van der Waals surface area (Å²) in [6, 6.07) is 6.77. The summed E-state index contributed by atoms with van der Waals surface area (Å²) >= 11 is 0. The van der Waals surface area contributed by atoms with Crippen molar-refractivity contribution in [3.63, 3.8) is 0 Å². The minimum Gasteiger partial charge on any atom is -0.428 e. The summed E-state index contributed by atoms with van der Waals surface area (Å²) in [5.74, 6) is -2.12. The molecular formula is C23H19F8N7O2. The van der Waals surface area contributed by atoms with Crippen LogP contribution in [-0.2, 0) is 17.5 Å². The van der Waals surface area contributed by atoms with Crippen molar-refractivity contribution in [1.82, 2.24) is 15.0 Å². The Kier molecular flexibility index (Phi) is 8.61. The fourth-order valence-electron chi connectivity index (χ4n) is 3.36. The van der Waals surface area contributed by atoms with Gasteiger partial charge in [-0.15, -0.1) is 5.11 Å². The van der Waals surface area contributed by atoms with Gasteiger partial charge in [-0.3, -0.25) is 0 Å². The molecule has 1 aromatic heterocycles. The normalized spacial score (nSPS) is 14.7. The quantitative estimate of drug-likeness (QED) is 0.241. The van der Waals surface area contributed by atoms with Crippen LogP contribution in [0.1, 0.15) is 11.1 Å². The average Bonchev–Trinajstić information content (AvgIpc) is 2.89. The Morgan fingerprint density at radius 2 is 1.75 bits per heavy atom. The van der Waals surface area contributed by atoms with Crippen LogP contribution in [0, 0.1) is 5.82 Å². The van der Waals surface area contributed by atoms with Crippen molar-refractivity contribution in [3.8, 4) is 5.75 Å². The lowest BCUT2D eigenvalue weighted by Crippen LogP contribution is -2.37. The summed E-state index contributed by atoms with van der Waals surface area (Å²) < 4.78 is 114. The molecule has 0 spiro atoms. The highest BCUT2D eigenvalue weighted by Crippen LogP contribution is 2.32. The topological polar surface area (TPSA) is 97.1 Å². The van der Waals surface area contributed by atoms with E-state index in [0.29, 0.717) is 38.4 Å². The Bertz CT molecular complexity index is 1350. The average molecular weight is 577 g/mol. The van der Waals surface area contributed by atoms with E-state index in [4.69, 9.17) is 4.74 Å². The molecule has 0 saturated carbocycles. The third-order valence-electron chi connectivity index (χ3n) is 5.27. The predicted octanol–water partition coefficient (Wildman–Crippen LogP) is 6.13. The molecule has 40 heavy (non-hydrogen) atoms. The second-order valence-electron chi connectivity index (χ2n) is 8.19. The maximum Gasteiger partial charge on any atom is 0.461 e. The Balaban J connectivity index is 1.55. The molecule has 1 saturated heterocycles. The van der Waals surface area contributed by atoms with Crippen LogP contribution in [0.4, 0.5) is 58.7 Å². The molecule has 1 fully saturated rings. The fourth-order valence-corrected chi connectivity index (χ4v) is 3.36. The van der Waals surface area contributed by atoms with E-state index < -0.39 is 35.8 Å². The molecule has 1 N–H and O–H groups in total. The van der Waals surface area contributed by atoms with Crippen molar-refractivity contribution < 1.29 is 44.6 Å². The maximum atomic E-state index is 14.4. The number of hydrogen-bond donors (Lipinski definition) is 1. The molecule has 9 nitrogen and oxygen atoms in total. The van der Waals surface area contributed by atoms with Gasteiger partial charge in [0.05, 0.1) is 31.0 Å². The molecule has 0 radical (unpaired) electrons. The summed E-state index contributed by atoms with van der Waals surface area (Å²) in [7, 11) is 0. The number of aromatic nitrogens is 3. The van der Waals surface area contributed by atoms with E-state index in [0.717, 1.165) is 18.2 Å². The molecular weight excluding hydrogens is 558 g/mol. The van der Waals surface area contributed by atoms with Crippen LogP contribution in [0.3, 0.4) is 0 Å². The zero-order chi connectivity index (χ0) is 28.9. The van der Waals surface area contributed by atoms with Crippen molar-refractivity contribution in [2.45, 2.75) is 25.3 Å². The van der Waals surface area contributed by atoms with E-state index in [9.17, 15) is 35.1 Å². The lowest BCUT2D eigenvalue weighted by Gasteiger charge is -2.26. The molecule has 1 aliphatic heterocycles. The molecule has 214 valence electrons. The third kappa shape index (κ3) is 7.49. The summed E-state index contributed by atoms with van der Waals surface area (Å²) in [4.78, 5) is 14.1. The standard InChI is InChI=1S/C23H19F8N7O2/c24-16-11-14(22(27,28)29)4-5-17(16)33-19-34-20(36-21(35-19)38-6-8-39-9-7-38)37-32-12-13-2-1-3-15(10-13)40-23(30,31)18(25)26/h1-5,10-11,18H,6-9,12H2,(H,33,34,35,36). The first-order valence-electron chi connectivity index (χ1n) is 11.4. The second kappa shape index (κ2) is 11.9. The lowest BCUT2D eigenvalue weighted by atomic mass is 10.2. The zero-order valence-corrected chi connectivity index (χ0v) is 20.2. The molecule has 0 aliphatic carbocycles. The Labute approximate surface area is 220 Å². The number of alkyl halides is 7. The number of halogens is 8. The fraction of sp³-hybridized carbons (Fsp3) is 0.348. The number of benzene rings is 2. The van der Waals surface area contributed by atoms with Gasteiger partial charge in [0.25, 0.3) is 5.95 Å². The third-order valence-corrected chi connectivity index (χ3v) is 5.27. The van der Waals surface area contributed by atoms with E-state index in [1.807, 2.05) is 0 Å². The van der Waals surface area contributed by atoms with Crippen molar-refractivity contribution >= 4 is 23.5 Å². The number of nitrogens with zero attached hydrogens (tertiary/aromatic N) is 6. The Morgan fingerprint density at radius 1 is 1.00 bits per heavy atom. The molecule has 3 aromatic rings. The summed E-state index contributed by atoms with van der Waals surface area (Å²) in [5.41, 5.74) is -1.24. The van der Waals surface area contributed by atoms with Crippen LogP contribution < -0.4 is 15.0 Å². The van der Waals surface area contributed by atoms with E-state index in [1.54, 1.807) is 4.90 Å². The van der Waals surface area contributed by atoms with Crippen LogP contribution in [0.2, 0.25) is 0 Å². The highest BCUT2D eigenvalue weighted by atomic mass is 19.4. The van der Waals surface area contributed by atoms with Crippen LogP contribution in [0.15, 0.2) is 52.7 Å². The number of nitrogens with one attached hydrogen (secondary N) is 1. The number of anilines is 3. The van der Waals surface area contributed by atoms with Gasteiger partial charge < -0.3 is 19.7 Å². The van der Waals surface area contributed by atoms with Gasteiger partial charge in [0.1, 0.15) is 11.6 Å². The lowest BCUT2D eigenvalue weighted by molar-refractivity contribution is -0.253. The second-order valence-corrected chi connectivity index (χ2v) is 8.19. The molecule has 4 rings (SSSR count). The Hall–Kier alpha value is -4.15. The van der Waals surface area contributed by atoms with Crippen LogP contribution in [0.25, 0.3) is 0 Å². The predicted molar refractivity (Wildman–Crippen MR) is 124 cm³/mol. The van der Waals surface area contributed by atoms with Gasteiger partial charge in [-0.2, -0.15) is 50.8 Å². The van der Waals surface area contributed by atoms with Crippen molar-refractivity contribution in [2.24, 2.45) is 10.2 Å². The SMILES string of the molecule is Fc1cc(C(F)(F)F)ccc1Nc1nc(N=NCc2cccc(OC(F)(F)C(F)F)c2)nc(N2CCOCC2)n1. The first-order valence-corrected chi connectivity index (χ1v) is 11.4. The van der Waals surface area contributed by atoms with Gasteiger partial charge in [0.2, 0.25) is 11.9 Å². The highest BCUT2D eigenvalue weighted by molar-refractivity contribution is 5.57. The number of rotatable bonds is 9. The van der Waals surface area contributed by atoms with Gasteiger partial charge in [-0.1, -0.05) is 12.1 Å². The first kappa shape index (κ1) is 28.8. The zero-order valence-electron chi connectivity index (χ0n) is 20.2. The largest absolute Gasteiger partial charge is 0.461 e. The summed E-state index contributed by atoms with van der Waals surface area (Å²) in [6.07, 6.45) is -13.4. The minimum absolute atomic E-state index is 0.103. The molecule has 1 aliphatic rings. The van der Waals surface area contributed by atoms with E-state index >= 15 is 0 Å². The van der Waals surface area contributed by atoms with E-state index in [1.165, 1.54) is 12.1 Å². The summed E-state index contributed by atoms with van der Waals surface area (Å²) in [6.45, 7) is 1.30. The highest BCUT2D eigenvalue weighted by Gasteiger charge is 2.44. The minimum atomic E-state index is -4.74. The van der Waals surface area contributed by atoms with Crippen molar-refractivity contribution in [3.05, 3.63) is 59.4 Å². The molecule has 2 heterocycles. The summed E-state index contributed by atoms with van der Waals surface area (Å²) in [5, 5.41) is 10.3. The maximum absolute atomic E-state index is 14.4. The van der Waals surface area contributed by atoms with Gasteiger partial charge in [0, 0.05) is 13.1 Å². The smallest absolute Gasteiger partial charge is 0.428 e. The Morgan fingerprint density at radius 3 is 2.42 bits per heavy atom. The molecule has 0 unspecified atom stereocenters. The van der Waals surface area contributed by atoms with Gasteiger partial charge in [0.15, 0.2) is 0 Å². The van der Waals surface area contributed by atoms with Crippen LogP contribution in [-0.4, -0.2) is 53.8 Å². The van der Waals surface area contributed by atoms with E-state index in [2.05, 4.69) is 35.2 Å². The number of ether oxygens (including phenoxy) is 2. The number of morpholine rings is 1. The van der Waals surface area contributed by atoms with Gasteiger partial charge in [-0.25, -0.2) is 4.39 Å². The molecule has 0 atom stereocenters. The van der Waals surface area contributed by atoms with Gasteiger partial charge in [-0.05, 0) is 35.9 Å². The first-order chi connectivity index (χ1) is 18.9. The van der Waals surface area contributed by atoms with Crippen LogP contribution >= 0.6 is 0 Å². The molecule has 0 bridgehead atoms. The van der Waals surface area contributed by atoms with Gasteiger partial charge >= 0.3 is 18.7 Å². The number of hydrogen-bond acceptors (Lipinski definition) is 9. The van der Waals surface area contributed by atoms with Crippen molar-refractivity contribution in [2.75, 3.05) is 36.5 Å². The van der Waals surface area contributed by atoms with Crippen molar-refractivity contribution in [1.29, 1.82) is 0 Å². The molecule has 2 aromatic carbocycles. The van der Waals surface area contributed by atoms with E-state index in [-0.39, 0.29) is 35.6 Å². The number of azo groups is 1. The monoisotopic (exact) mass is 577 g/mol. The van der Waals surface area contributed by atoms with Crippen LogP contribution in [0.5, 0.6) is 5.75 Å². The molecule has 17 heteroatoms.